The lowest BCUT2D eigenvalue weighted by Gasteiger charge is -2.26. The van der Waals surface area contributed by atoms with E-state index in [2.05, 4.69) is 85.8 Å². The van der Waals surface area contributed by atoms with Gasteiger partial charge < -0.3 is 5.32 Å². The quantitative estimate of drug-likeness (QED) is 0.335. The molecule has 1 aliphatic heterocycles. The molecule has 5 aromatic rings. The highest BCUT2D eigenvalue weighted by molar-refractivity contribution is 7.19. The monoisotopic (exact) mass is 455 g/mol. The fourth-order valence-corrected chi connectivity index (χ4v) is 5.83. The van der Waals surface area contributed by atoms with Crippen LogP contribution in [0.15, 0.2) is 72.5 Å². The van der Waals surface area contributed by atoms with Gasteiger partial charge in [0.1, 0.15) is 17.0 Å². The first-order valence-corrected chi connectivity index (χ1v) is 12.3. The van der Waals surface area contributed by atoms with E-state index < -0.39 is 0 Å². The number of thiazole rings is 1. The maximum Gasteiger partial charge on any atom is 0.142 e. The van der Waals surface area contributed by atoms with Crippen molar-refractivity contribution in [1.82, 2.24) is 19.9 Å². The molecule has 7 heteroatoms. The minimum Gasteiger partial charge on any atom is -0.340 e. The summed E-state index contributed by atoms with van der Waals surface area (Å²) < 4.78 is 1.19. The Kier molecular flexibility index (Phi) is 5.15. The van der Waals surface area contributed by atoms with Crippen molar-refractivity contribution in [2.24, 2.45) is 0 Å². The number of thiophene rings is 1. The number of hydrogen-bond acceptors (Lipinski definition) is 7. The van der Waals surface area contributed by atoms with Gasteiger partial charge in [0.25, 0.3) is 0 Å². The van der Waals surface area contributed by atoms with Crippen molar-refractivity contribution in [3.63, 3.8) is 0 Å². The molecule has 2 aromatic carbocycles. The largest absolute Gasteiger partial charge is 0.340 e. The molecule has 3 aromatic heterocycles. The van der Waals surface area contributed by atoms with Crippen LogP contribution in [-0.2, 0) is 6.54 Å². The van der Waals surface area contributed by atoms with Crippen molar-refractivity contribution in [2.75, 3.05) is 18.4 Å². The van der Waals surface area contributed by atoms with Gasteiger partial charge in [-0.15, -0.1) is 22.7 Å². The second-order valence-electron chi connectivity index (χ2n) is 7.93. The Morgan fingerprint density at radius 3 is 2.88 bits per heavy atom. The van der Waals surface area contributed by atoms with Crippen molar-refractivity contribution < 1.29 is 0 Å². The lowest BCUT2D eigenvalue weighted by atomic mass is 10.1. The summed E-state index contributed by atoms with van der Waals surface area (Å²) in [6, 6.07) is 19.2. The molecule has 0 unspecified atom stereocenters. The maximum absolute atomic E-state index is 4.54. The zero-order valence-electron chi connectivity index (χ0n) is 17.4. The van der Waals surface area contributed by atoms with Crippen LogP contribution in [0.2, 0.25) is 0 Å². The summed E-state index contributed by atoms with van der Waals surface area (Å²) in [5.41, 5.74) is 6.61. The number of benzene rings is 2. The lowest BCUT2D eigenvalue weighted by molar-refractivity contribution is 0.297. The number of hydrogen-bond donors (Lipinski definition) is 1. The average Bonchev–Trinajstić information content (AvgIpc) is 3.47. The van der Waals surface area contributed by atoms with E-state index in [1.807, 2.05) is 5.51 Å². The molecule has 32 heavy (non-hydrogen) atoms. The first-order chi connectivity index (χ1) is 15.8. The van der Waals surface area contributed by atoms with Gasteiger partial charge in [0.05, 0.1) is 21.1 Å². The van der Waals surface area contributed by atoms with E-state index in [1.165, 1.54) is 20.7 Å². The molecule has 5 nitrogen and oxygen atoms in total. The number of rotatable bonds is 5. The summed E-state index contributed by atoms with van der Waals surface area (Å²) in [6.07, 6.45) is 5.09. The number of aromatic nitrogens is 3. The van der Waals surface area contributed by atoms with E-state index in [9.17, 15) is 0 Å². The van der Waals surface area contributed by atoms with Crippen LogP contribution in [0.3, 0.4) is 0 Å². The van der Waals surface area contributed by atoms with Crippen LogP contribution in [0, 0.1) is 0 Å². The van der Waals surface area contributed by atoms with Crippen molar-refractivity contribution in [2.45, 2.75) is 13.0 Å². The van der Waals surface area contributed by atoms with Crippen molar-refractivity contribution >= 4 is 60.2 Å². The molecule has 0 amide bonds. The summed E-state index contributed by atoms with van der Waals surface area (Å²) in [4.78, 5) is 18.3. The summed E-state index contributed by atoms with van der Waals surface area (Å²) in [5, 5.41) is 4.54. The van der Waals surface area contributed by atoms with Gasteiger partial charge in [-0.05, 0) is 41.8 Å². The second-order valence-corrected chi connectivity index (χ2v) is 9.84. The molecule has 0 atom stereocenters. The topological polar surface area (TPSA) is 53.9 Å². The Balaban J connectivity index is 1.26. The first-order valence-electron chi connectivity index (χ1n) is 10.6. The number of nitrogens with one attached hydrogen (secondary N) is 1. The van der Waals surface area contributed by atoms with Crippen LogP contribution < -0.4 is 5.32 Å². The molecule has 158 valence electrons. The van der Waals surface area contributed by atoms with E-state index in [4.69, 9.17) is 0 Å². The zero-order chi connectivity index (χ0) is 21.3. The van der Waals surface area contributed by atoms with Gasteiger partial charge in [-0.2, -0.15) is 0 Å². The summed E-state index contributed by atoms with van der Waals surface area (Å²) in [7, 11) is 0. The van der Waals surface area contributed by atoms with Gasteiger partial charge >= 0.3 is 0 Å². The Morgan fingerprint density at radius 2 is 1.94 bits per heavy atom. The second kappa shape index (κ2) is 8.43. The van der Waals surface area contributed by atoms with E-state index in [-0.39, 0.29) is 0 Å². The smallest absolute Gasteiger partial charge is 0.142 e. The van der Waals surface area contributed by atoms with Crippen LogP contribution in [0.25, 0.3) is 26.0 Å². The van der Waals surface area contributed by atoms with Gasteiger partial charge in [-0.25, -0.2) is 15.0 Å². The Labute approximate surface area is 194 Å². The lowest BCUT2D eigenvalue weighted by Crippen LogP contribution is -2.28. The number of fused-ring (bicyclic) bond motifs is 2. The van der Waals surface area contributed by atoms with Gasteiger partial charge in [0.15, 0.2) is 0 Å². The highest BCUT2D eigenvalue weighted by Crippen LogP contribution is 2.35. The molecular formula is C25H21N5S2. The molecule has 1 N–H and O–H groups in total. The average molecular weight is 456 g/mol. The third-order valence-electron chi connectivity index (χ3n) is 5.72. The minimum absolute atomic E-state index is 0.838. The molecule has 0 saturated carbocycles. The van der Waals surface area contributed by atoms with E-state index in [0.29, 0.717) is 0 Å². The molecule has 4 heterocycles. The number of nitrogens with zero attached hydrogens (tertiary/aromatic N) is 4. The fraction of sp³-hybridized carbons (Fsp3) is 0.160. The predicted octanol–water partition coefficient (Wildman–Crippen LogP) is 6.33. The van der Waals surface area contributed by atoms with Gasteiger partial charge in [0.2, 0.25) is 0 Å². The minimum atomic E-state index is 0.838. The highest BCUT2D eigenvalue weighted by atomic mass is 32.1. The van der Waals surface area contributed by atoms with Gasteiger partial charge in [0, 0.05) is 30.2 Å². The summed E-state index contributed by atoms with van der Waals surface area (Å²) in [6.45, 7) is 3.03. The maximum atomic E-state index is 4.54. The standard InChI is InChI=1S/C25H21N5S2/c1-2-5-17(6-3-1)13-30-10-4-7-18(14-30)23-12-20-24(26-15-27-25(20)32-23)29-19-8-9-22-21(11-19)28-16-31-22/h1-3,5-9,11-12,15-16H,4,10,13-14H2,(H,26,27,29). The SMILES string of the molecule is C1=C(c2cc3c(Nc4ccc5scnc5c4)ncnc3s2)CN(Cc2ccccc2)CC1. The molecular weight excluding hydrogens is 434 g/mol. The van der Waals surface area contributed by atoms with E-state index in [1.54, 1.807) is 29.0 Å². The number of anilines is 2. The molecule has 0 aliphatic carbocycles. The van der Waals surface area contributed by atoms with E-state index in [0.717, 1.165) is 53.3 Å². The van der Waals surface area contributed by atoms with Crippen LogP contribution in [0.4, 0.5) is 11.5 Å². The van der Waals surface area contributed by atoms with Crippen LogP contribution >= 0.6 is 22.7 Å². The fourth-order valence-electron chi connectivity index (χ4n) is 4.15. The predicted molar refractivity (Wildman–Crippen MR) is 135 cm³/mol. The van der Waals surface area contributed by atoms with Gasteiger partial charge in [-0.3, -0.25) is 4.90 Å². The Hall–Kier alpha value is -3.13. The third-order valence-corrected chi connectivity index (χ3v) is 7.65. The molecule has 0 bridgehead atoms. The Bertz CT molecular complexity index is 1420. The molecule has 0 radical (unpaired) electrons. The van der Waals surface area contributed by atoms with Crippen molar-refractivity contribution in [1.29, 1.82) is 0 Å². The summed E-state index contributed by atoms with van der Waals surface area (Å²) in [5.74, 6) is 0.838. The molecule has 6 rings (SSSR count). The molecule has 0 saturated heterocycles. The third kappa shape index (κ3) is 3.90. The highest BCUT2D eigenvalue weighted by Gasteiger charge is 2.18. The van der Waals surface area contributed by atoms with Crippen LogP contribution in [0.1, 0.15) is 16.9 Å². The van der Waals surface area contributed by atoms with Crippen molar-refractivity contribution in [3.8, 4) is 0 Å². The molecule has 1 aliphatic rings. The molecule has 0 fully saturated rings. The van der Waals surface area contributed by atoms with Crippen molar-refractivity contribution in [3.05, 3.63) is 83.0 Å². The normalized spacial score (nSPS) is 14.7. The van der Waals surface area contributed by atoms with Gasteiger partial charge in [-0.1, -0.05) is 36.4 Å². The Morgan fingerprint density at radius 1 is 1.00 bits per heavy atom. The zero-order valence-corrected chi connectivity index (χ0v) is 19.0. The van der Waals surface area contributed by atoms with Crippen LogP contribution in [-0.4, -0.2) is 32.9 Å². The summed E-state index contributed by atoms with van der Waals surface area (Å²) >= 11 is 3.40. The van der Waals surface area contributed by atoms with E-state index >= 15 is 0 Å². The molecule has 0 spiro atoms. The van der Waals surface area contributed by atoms with Crippen LogP contribution in [0.5, 0.6) is 0 Å². The first kappa shape index (κ1) is 19.5.